The molecule has 2 amide bonds. The fraction of sp³-hybridized carbons (Fsp3) is 0.421. The van der Waals surface area contributed by atoms with Gasteiger partial charge < -0.3 is 0 Å². The highest BCUT2D eigenvalue weighted by Gasteiger charge is 2.41. The zero-order valence-electron chi connectivity index (χ0n) is 13.0. The van der Waals surface area contributed by atoms with Gasteiger partial charge in [-0.15, -0.1) is 0 Å². The fourth-order valence-electron chi connectivity index (χ4n) is 4.13. The van der Waals surface area contributed by atoms with Crippen LogP contribution in [0.4, 0.5) is 0 Å². The number of benzene rings is 1. The van der Waals surface area contributed by atoms with Crippen molar-refractivity contribution >= 4 is 18.0 Å². The van der Waals surface area contributed by atoms with Gasteiger partial charge in [0.1, 0.15) is 0 Å². The lowest BCUT2D eigenvalue weighted by molar-refractivity contribution is 0.0520. The number of allylic oxidation sites excluding steroid dienone is 1. The van der Waals surface area contributed by atoms with E-state index in [2.05, 4.69) is 11.1 Å². The van der Waals surface area contributed by atoms with E-state index in [4.69, 9.17) is 0 Å². The molecule has 1 unspecified atom stereocenters. The van der Waals surface area contributed by atoms with E-state index in [1.165, 1.54) is 4.90 Å². The molecule has 0 bridgehead atoms. The van der Waals surface area contributed by atoms with Crippen LogP contribution in [0, 0.1) is 11.8 Å². The van der Waals surface area contributed by atoms with Crippen LogP contribution in [0.2, 0.25) is 0 Å². The fourth-order valence-corrected chi connectivity index (χ4v) is 4.13. The first-order valence-corrected chi connectivity index (χ1v) is 8.39. The summed E-state index contributed by atoms with van der Waals surface area (Å²) < 4.78 is 0. The average molecular weight is 308 g/mol. The van der Waals surface area contributed by atoms with Crippen LogP contribution < -0.4 is 0 Å². The Morgan fingerprint density at radius 3 is 2.17 bits per heavy atom. The minimum Gasteiger partial charge on any atom is -0.293 e. The van der Waals surface area contributed by atoms with E-state index in [0.29, 0.717) is 23.0 Å². The van der Waals surface area contributed by atoms with Gasteiger partial charge in [0, 0.05) is 18.8 Å². The summed E-state index contributed by atoms with van der Waals surface area (Å²) in [6.45, 7) is 0.874. The van der Waals surface area contributed by atoms with Crippen LogP contribution in [0.1, 0.15) is 46.4 Å². The van der Waals surface area contributed by atoms with Gasteiger partial charge in [-0.1, -0.05) is 18.2 Å². The number of dihydropyridines is 1. The maximum atomic E-state index is 12.6. The minimum atomic E-state index is -0.115. The molecule has 2 aliphatic heterocycles. The molecule has 0 spiro atoms. The summed E-state index contributed by atoms with van der Waals surface area (Å²) in [5, 5.41) is 0. The van der Waals surface area contributed by atoms with Gasteiger partial charge in [0.15, 0.2) is 0 Å². The van der Waals surface area contributed by atoms with Crippen LogP contribution >= 0.6 is 0 Å². The lowest BCUT2D eigenvalue weighted by atomic mass is 9.77. The predicted octanol–water partition coefficient (Wildman–Crippen LogP) is 3.10. The van der Waals surface area contributed by atoms with Crippen LogP contribution in [-0.4, -0.2) is 35.5 Å². The van der Waals surface area contributed by atoms with Gasteiger partial charge in [-0.3, -0.25) is 19.5 Å². The number of rotatable bonds is 2. The lowest BCUT2D eigenvalue weighted by Gasteiger charge is -2.36. The number of aliphatic imine (C=N–C) groups is 1. The van der Waals surface area contributed by atoms with Gasteiger partial charge in [0.25, 0.3) is 11.8 Å². The zero-order chi connectivity index (χ0) is 15.8. The summed E-state index contributed by atoms with van der Waals surface area (Å²) >= 11 is 0. The molecule has 1 saturated carbocycles. The SMILES string of the molecule is O=C1c2ccccc2C(=O)N1C1CCC(C2C=CC=NC2)CC1. The third kappa shape index (κ3) is 2.42. The molecule has 118 valence electrons. The highest BCUT2D eigenvalue weighted by atomic mass is 16.2. The van der Waals surface area contributed by atoms with Crippen LogP contribution in [-0.2, 0) is 0 Å². The lowest BCUT2D eigenvalue weighted by Crippen LogP contribution is -2.42. The van der Waals surface area contributed by atoms with Crippen molar-refractivity contribution in [1.82, 2.24) is 4.90 Å². The standard InChI is InChI=1S/C19H20N2O2/c22-18-16-5-1-2-6-17(16)19(23)21(18)15-9-7-13(8-10-15)14-4-3-11-20-12-14/h1-6,11,13-15H,7-10,12H2. The first-order chi connectivity index (χ1) is 11.3. The molecule has 23 heavy (non-hydrogen) atoms. The second-order valence-electron chi connectivity index (χ2n) is 6.66. The Morgan fingerprint density at radius 2 is 1.61 bits per heavy atom. The number of imide groups is 1. The molecule has 1 aliphatic carbocycles. The molecule has 0 radical (unpaired) electrons. The van der Waals surface area contributed by atoms with Crippen molar-refractivity contribution in [3.63, 3.8) is 0 Å². The summed E-state index contributed by atoms with van der Waals surface area (Å²) in [6.07, 6.45) is 10.1. The molecular formula is C19H20N2O2. The van der Waals surface area contributed by atoms with E-state index in [1.54, 1.807) is 12.1 Å². The van der Waals surface area contributed by atoms with Crippen molar-refractivity contribution in [2.24, 2.45) is 16.8 Å². The van der Waals surface area contributed by atoms with Gasteiger partial charge in [-0.25, -0.2) is 0 Å². The van der Waals surface area contributed by atoms with Crippen molar-refractivity contribution < 1.29 is 9.59 Å². The smallest absolute Gasteiger partial charge is 0.261 e. The predicted molar refractivity (Wildman–Crippen MR) is 88.7 cm³/mol. The Labute approximate surface area is 135 Å². The Bertz CT molecular complexity index is 664. The monoisotopic (exact) mass is 308 g/mol. The highest BCUT2D eigenvalue weighted by Crippen LogP contribution is 2.36. The van der Waals surface area contributed by atoms with E-state index >= 15 is 0 Å². The molecular weight excluding hydrogens is 288 g/mol. The summed E-state index contributed by atoms with van der Waals surface area (Å²) in [7, 11) is 0. The number of hydrogen-bond acceptors (Lipinski definition) is 3. The van der Waals surface area contributed by atoms with Gasteiger partial charge in [0.2, 0.25) is 0 Å². The average Bonchev–Trinajstić information content (AvgIpc) is 2.87. The van der Waals surface area contributed by atoms with E-state index in [0.717, 1.165) is 32.2 Å². The summed E-state index contributed by atoms with van der Waals surface area (Å²) in [5.41, 5.74) is 1.12. The Morgan fingerprint density at radius 1 is 0.957 bits per heavy atom. The molecule has 4 heteroatoms. The second-order valence-corrected chi connectivity index (χ2v) is 6.66. The Balaban J connectivity index is 1.45. The normalized spacial score (nSPS) is 29.9. The van der Waals surface area contributed by atoms with Gasteiger partial charge in [0.05, 0.1) is 11.1 Å². The molecule has 1 aromatic carbocycles. The van der Waals surface area contributed by atoms with Crippen molar-refractivity contribution in [3.8, 4) is 0 Å². The molecule has 1 atom stereocenters. The van der Waals surface area contributed by atoms with E-state index in [-0.39, 0.29) is 17.9 Å². The van der Waals surface area contributed by atoms with Crippen LogP contribution in [0.3, 0.4) is 0 Å². The zero-order valence-corrected chi connectivity index (χ0v) is 13.0. The summed E-state index contributed by atoms with van der Waals surface area (Å²) in [6, 6.07) is 7.20. The molecule has 1 aromatic rings. The van der Waals surface area contributed by atoms with Gasteiger partial charge >= 0.3 is 0 Å². The molecule has 0 saturated heterocycles. The Kier molecular flexibility index (Phi) is 3.60. The van der Waals surface area contributed by atoms with Crippen molar-refractivity contribution in [2.75, 3.05) is 6.54 Å². The number of amides is 2. The molecule has 3 aliphatic rings. The quantitative estimate of drug-likeness (QED) is 0.788. The van der Waals surface area contributed by atoms with Crippen LogP contribution in [0.15, 0.2) is 41.4 Å². The van der Waals surface area contributed by atoms with Gasteiger partial charge in [-0.05, 0) is 55.7 Å². The van der Waals surface area contributed by atoms with E-state index in [9.17, 15) is 9.59 Å². The number of nitrogens with zero attached hydrogens (tertiary/aromatic N) is 2. The molecule has 4 rings (SSSR count). The number of carbonyl (C=O) groups is 2. The Hall–Kier alpha value is -2.23. The summed E-state index contributed by atoms with van der Waals surface area (Å²) in [5.74, 6) is 0.908. The third-order valence-corrected chi connectivity index (χ3v) is 5.40. The third-order valence-electron chi connectivity index (χ3n) is 5.40. The first-order valence-electron chi connectivity index (χ1n) is 8.39. The molecule has 2 heterocycles. The van der Waals surface area contributed by atoms with E-state index < -0.39 is 0 Å². The van der Waals surface area contributed by atoms with Crippen LogP contribution in [0.25, 0.3) is 0 Å². The minimum absolute atomic E-state index is 0.0507. The first kappa shape index (κ1) is 14.4. The van der Waals surface area contributed by atoms with E-state index in [1.807, 2.05) is 24.4 Å². The van der Waals surface area contributed by atoms with Crippen molar-refractivity contribution in [3.05, 3.63) is 47.5 Å². The molecule has 0 aromatic heterocycles. The largest absolute Gasteiger partial charge is 0.293 e. The number of carbonyl (C=O) groups excluding carboxylic acids is 2. The number of hydrogen-bond donors (Lipinski definition) is 0. The highest BCUT2D eigenvalue weighted by molar-refractivity contribution is 6.21. The second kappa shape index (κ2) is 5.76. The van der Waals surface area contributed by atoms with Crippen molar-refractivity contribution in [2.45, 2.75) is 31.7 Å². The van der Waals surface area contributed by atoms with Crippen LogP contribution in [0.5, 0.6) is 0 Å². The summed E-state index contributed by atoms with van der Waals surface area (Å²) in [4.78, 5) is 31.0. The van der Waals surface area contributed by atoms with Crippen molar-refractivity contribution in [1.29, 1.82) is 0 Å². The maximum Gasteiger partial charge on any atom is 0.261 e. The molecule has 1 fully saturated rings. The van der Waals surface area contributed by atoms with Gasteiger partial charge in [-0.2, -0.15) is 0 Å². The number of fused-ring (bicyclic) bond motifs is 1. The molecule has 0 N–H and O–H groups in total. The topological polar surface area (TPSA) is 49.7 Å². The molecule has 4 nitrogen and oxygen atoms in total. The maximum absolute atomic E-state index is 12.6.